The molecule has 1 saturated carbocycles. The highest BCUT2D eigenvalue weighted by atomic mass is 19.4. The van der Waals surface area contributed by atoms with E-state index >= 15 is 0 Å². The maximum atomic E-state index is 12.4. The fraction of sp³-hybridized carbons (Fsp3) is 0.571. The van der Waals surface area contributed by atoms with Crippen LogP contribution in [0.3, 0.4) is 0 Å². The van der Waals surface area contributed by atoms with E-state index in [4.69, 9.17) is 0 Å². The second-order valence-corrected chi connectivity index (χ2v) is 4.94. The Kier molecular flexibility index (Phi) is 3.95. The molecule has 1 aliphatic carbocycles. The minimum atomic E-state index is -4.23. The molecule has 0 atom stereocenters. The van der Waals surface area contributed by atoms with E-state index in [0.29, 0.717) is 12.0 Å². The number of hydrogen-bond donors (Lipinski definition) is 1. The van der Waals surface area contributed by atoms with Crippen LogP contribution in [0.4, 0.5) is 13.2 Å². The van der Waals surface area contributed by atoms with Crippen LogP contribution in [-0.4, -0.2) is 12.6 Å². The van der Waals surface area contributed by atoms with Crippen LogP contribution in [0.25, 0.3) is 0 Å². The highest BCUT2D eigenvalue weighted by molar-refractivity contribution is 5.28. The first kappa shape index (κ1) is 13.4. The Morgan fingerprint density at radius 3 is 2.28 bits per heavy atom. The van der Waals surface area contributed by atoms with Crippen LogP contribution in [0, 0.1) is 0 Å². The van der Waals surface area contributed by atoms with E-state index in [2.05, 4.69) is 12.2 Å². The average Bonchev–Trinajstić information content (AvgIpc) is 2.26. The van der Waals surface area contributed by atoms with Crippen LogP contribution in [0.5, 0.6) is 0 Å². The number of hydrogen-bond acceptors (Lipinski definition) is 1. The zero-order valence-corrected chi connectivity index (χ0v) is 10.4. The van der Waals surface area contributed by atoms with Crippen molar-refractivity contribution in [3.63, 3.8) is 0 Å². The molecule has 4 heteroatoms. The van der Waals surface area contributed by atoms with E-state index in [1.54, 1.807) is 12.1 Å². The van der Waals surface area contributed by atoms with Crippen molar-refractivity contribution in [2.24, 2.45) is 0 Å². The number of alkyl halides is 3. The highest BCUT2D eigenvalue weighted by Crippen LogP contribution is 2.38. The molecular weight excluding hydrogens is 239 g/mol. The van der Waals surface area contributed by atoms with Gasteiger partial charge in [0.2, 0.25) is 0 Å². The minimum Gasteiger partial charge on any atom is -0.314 e. The zero-order chi connectivity index (χ0) is 13.2. The van der Waals surface area contributed by atoms with Gasteiger partial charge in [0.05, 0.1) is 5.56 Å². The molecule has 18 heavy (non-hydrogen) atoms. The van der Waals surface area contributed by atoms with Crippen LogP contribution in [0.15, 0.2) is 24.3 Å². The average molecular weight is 257 g/mol. The maximum Gasteiger partial charge on any atom is 0.416 e. The molecule has 0 aromatic heterocycles. The van der Waals surface area contributed by atoms with Crippen LogP contribution < -0.4 is 5.32 Å². The highest BCUT2D eigenvalue weighted by Gasteiger charge is 2.32. The van der Waals surface area contributed by atoms with Gasteiger partial charge >= 0.3 is 6.18 Å². The van der Waals surface area contributed by atoms with Gasteiger partial charge in [-0.2, -0.15) is 13.2 Å². The predicted molar refractivity (Wildman–Crippen MR) is 65.5 cm³/mol. The summed E-state index contributed by atoms with van der Waals surface area (Å²) in [7, 11) is 0. The lowest BCUT2D eigenvalue weighted by molar-refractivity contribution is -0.137. The van der Waals surface area contributed by atoms with E-state index < -0.39 is 11.7 Å². The third kappa shape index (κ3) is 3.05. The van der Waals surface area contributed by atoms with Gasteiger partial charge in [0.15, 0.2) is 0 Å². The number of benzene rings is 1. The summed E-state index contributed by atoms with van der Waals surface area (Å²) >= 11 is 0. The number of rotatable bonds is 4. The van der Waals surface area contributed by atoms with Crippen molar-refractivity contribution in [1.82, 2.24) is 5.32 Å². The van der Waals surface area contributed by atoms with Gasteiger partial charge in [-0.05, 0) is 49.4 Å². The van der Waals surface area contributed by atoms with E-state index in [1.165, 1.54) is 12.1 Å². The zero-order valence-electron chi connectivity index (χ0n) is 10.4. The summed E-state index contributed by atoms with van der Waals surface area (Å²) in [6.45, 7) is 3.14. The lowest BCUT2D eigenvalue weighted by atomic mass is 9.75. The molecule has 0 saturated heterocycles. The smallest absolute Gasteiger partial charge is 0.314 e. The van der Waals surface area contributed by atoms with Crippen LogP contribution in [0.2, 0.25) is 0 Å². The first-order valence-corrected chi connectivity index (χ1v) is 6.41. The molecule has 1 aromatic carbocycles. The molecule has 0 bridgehead atoms. The summed E-state index contributed by atoms with van der Waals surface area (Å²) in [6.07, 6.45) is -1.05. The first-order valence-electron chi connectivity index (χ1n) is 6.41. The summed E-state index contributed by atoms with van der Waals surface area (Å²) in [6, 6.07) is 6.13. The van der Waals surface area contributed by atoms with Crippen LogP contribution >= 0.6 is 0 Å². The van der Waals surface area contributed by atoms with E-state index in [9.17, 15) is 13.2 Å². The van der Waals surface area contributed by atoms with Crippen molar-refractivity contribution in [2.75, 3.05) is 6.54 Å². The van der Waals surface area contributed by atoms with Gasteiger partial charge in [-0.3, -0.25) is 0 Å². The molecule has 0 unspecified atom stereocenters. The second kappa shape index (κ2) is 5.31. The van der Waals surface area contributed by atoms with Crippen molar-refractivity contribution in [2.45, 2.75) is 44.3 Å². The van der Waals surface area contributed by atoms with Gasteiger partial charge in [-0.15, -0.1) is 0 Å². The molecule has 2 rings (SSSR count). The first-order chi connectivity index (χ1) is 8.50. The topological polar surface area (TPSA) is 12.0 Å². The summed E-state index contributed by atoms with van der Waals surface area (Å²) in [4.78, 5) is 0. The Morgan fingerprint density at radius 2 is 1.78 bits per heavy atom. The lowest BCUT2D eigenvalue weighted by Gasteiger charge is -2.36. The third-order valence-electron chi connectivity index (χ3n) is 3.53. The van der Waals surface area contributed by atoms with Gasteiger partial charge in [0, 0.05) is 6.04 Å². The van der Waals surface area contributed by atoms with Gasteiger partial charge < -0.3 is 5.32 Å². The fourth-order valence-electron chi connectivity index (χ4n) is 2.35. The normalized spacial score (nSPS) is 23.8. The van der Waals surface area contributed by atoms with Gasteiger partial charge in [0.25, 0.3) is 0 Å². The van der Waals surface area contributed by atoms with E-state index in [-0.39, 0.29) is 0 Å². The second-order valence-electron chi connectivity index (χ2n) is 4.94. The summed E-state index contributed by atoms with van der Waals surface area (Å²) in [5.41, 5.74) is 0.462. The molecule has 0 radical (unpaired) electrons. The quantitative estimate of drug-likeness (QED) is 0.861. The molecule has 0 heterocycles. The van der Waals surface area contributed by atoms with E-state index in [1.807, 2.05) is 0 Å². The van der Waals surface area contributed by atoms with Crippen LogP contribution in [-0.2, 0) is 6.18 Å². The Labute approximate surface area is 105 Å². The third-order valence-corrected chi connectivity index (χ3v) is 3.53. The SMILES string of the molecule is CCCNC1CC(c2ccc(C(F)(F)F)cc2)C1. The van der Waals surface area contributed by atoms with E-state index in [0.717, 1.165) is 31.4 Å². The molecule has 100 valence electrons. The van der Waals surface area contributed by atoms with Crippen molar-refractivity contribution in [3.8, 4) is 0 Å². The molecule has 0 aliphatic heterocycles. The number of halogens is 3. The molecule has 0 amide bonds. The molecule has 1 fully saturated rings. The molecule has 1 nitrogen and oxygen atoms in total. The van der Waals surface area contributed by atoms with Crippen molar-refractivity contribution >= 4 is 0 Å². The fourth-order valence-corrected chi connectivity index (χ4v) is 2.35. The van der Waals surface area contributed by atoms with Gasteiger partial charge in [-0.25, -0.2) is 0 Å². The molecule has 1 N–H and O–H groups in total. The Morgan fingerprint density at radius 1 is 1.17 bits per heavy atom. The van der Waals surface area contributed by atoms with Crippen molar-refractivity contribution in [1.29, 1.82) is 0 Å². The molecule has 1 aliphatic rings. The maximum absolute atomic E-state index is 12.4. The van der Waals surface area contributed by atoms with Crippen molar-refractivity contribution < 1.29 is 13.2 Å². The standard InChI is InChI=1S/C14H18F3N/c1-2-7-18-13-8-11(9-13)10-3-5-12(6-4-10)14(15,16)17/h3-6,11,13,18H,2,7-9H2,1H3. The minimum absolute atomic E-state index is 0.418. The molecule has 1 aromatic rings. The Balaban J connectivity index is 1.89. The molecule has 0 spiro atoms. The number of nitrogens with one attached hydrogen (secondary N) is 1. The predicted octanol–water partition coefficient (Wildman–Crippen LogP) is 3.95. The molecular formula is C14H18F3N. The Hall–Kier alpha value is -1.03. The van der Waals surface area contributed by atoms with Gasteiger partial charge in [-0.1, -0.05) is 19.1 Å². The Bertz CT molecular complexity index is 377. The van der Waals surface area contributed by atoms with Gasteiger partial charge in [0.1, 0.15) is 0 Å². The summed E-state index contributed by atoms with van der Waals surface area (Å²) in [5.74, 6) is 0.418. The lowest BCUT2D eigenvalue weighted by Crippen LogP contribution is -2.40. The summed E-state index contributed by atoms with van der Waals surface area (Å²) in [5, 5.41) is 3.42. The largest absolute Gasteiger partial charge is 0.416 e. The summed E-state index contributed by atoms with van der Waals surface area (Å²) < 4.78 is 37.2. The van der Waals surface area contributed by atoms with Crippen LogP contribution in [0.1, 0.15) is 43.2 Å². The monoisotopic (exact) mass is 257 g/mol. The van der Waals surface area contributed by atoms with Crippen molar-refractivity contribution in [3.05, 3.63) is 35.4 Å².